The van der Waals surface area contributed by atoms with Crippen LogP contribution < -0.4 is 0 Å². The average Bonchev–Trinajstić information content (AvgIpc) is 2.87. The molecule has 6 heteroatoms. The first-order chi connectivity index (χ1) is 9.39. The van der Waals surface area contributed by atoms with E-state index in [4.69, 9.17) is 0 Å². The minimum absolute atomic E-state index is 0.0241. The Balaban J connectivity index is 2.25. The van der Waals surface area contributed by atoms with E-state index >= 15 is 0 Å². The Morgan fingerprint density at radius 2 is 1.90 bits per heavy atom. The molecule has 0 saturated carbocycles. The van der Waals surface area contributed by atoms with Gasteiger partial charge >= 0.3 is 0 Å². The van der Waals surface area contributed by atoms with Gasteiger partial charge in [-0.2, -0.15) is 0 Å². The first kappa shape index (κ1) is 14.6. The predicted molar refractivity (Wildman–Crippen MR) is 77.1 cm³/mol. The number of carbonyl (C=O) groups excluding carboxylic acids is 1. The van der Waals surface area contributed by atoms with Gasteiger partial charge in [0, 0.05) is 5.41 Å². The average molecular weight is 291 g/mol. The minimum atomic E-state index is -1.45. The lowest BCUT2D eigenvalue weighted by Crippen LogP contribution is -2.26. The van der Waals surface area contributed by atoms with Gasteiger partial charge in [-0.1, -0.05) is 44.2 Å². The van der Waals surface area contributed by atoms with Gasteiger partial charge in [-0.05, 0) is 12.1 Å². The third-order valence-electron chi connectivity index (χ3n) is 2.85. The van der Waals surface area contributed by atoms with Gasteiger partial charge in [0.05, 0.1) is 28.4 Å². The maximum atomic E-state index is 12.3. The van der Waals surface area contributed by atoms with Crippen LogP contribution in [0.25, 0.3) is 5.69 Å². The summed E-state index contributed by atoms with van der Waals surface area (Å²) in [5, 5.41) is 8.18. The Hall–Kier alpha value is -1.82. The van der Waals surface area contributed by atoms with Crippen molar-refractivity contribution in [1.82, 2.24) is 15.0 Å². The molecule has 0 aliphatic carbocycles. The van der Waals surface area contributed by atoms with Gasteiger partial charge in [0.15, 0.2) is 10.8 Å². The number of Topliss-reactive ketones (excluding diaryl/α,β-unsaturated/α-hetero) is 1. The standard InChI is InChI=1S/C14H17N3O2S/c1-14(2,3)12(18)10-20(19)13-9-15-16-17(13)11-7-5-4-6-8-11/h4-9H,10H2,1-3H3. The van der Waals surface area contributed by atoms with Crippen molar-refractivity contribution in [2.75, 3.05) is 5.75 Å². The Labute approximate surface area is 120 Å². The van der Waals surface area contributed by atoms with Crippen molar-refractivity contribution in [3.05, 3.63) is 36.5 Å². The van der Waals surface area contributed by atoms with E-state index < -0.39 is 16.2 Å². The van der Waals surface area contributed by atoms with Gasteiger partial charge in [0.2, 0.25) is 0 Å². The molecule has 5 nitrogen and oxygen atoms in total. The van der Waals surface area contributed by atoms with Gasteiger partial charge in [-0.15, -0.1) is 5.10 Å². The van der Waals surface area contributed by atoms with Crippen molar-refractivity contribution in [1.29, 1.82) is 0 Å². The van der Waals surface area contributed by atoms with Crippen molar-refractivity contribution >= 4 is 16.6 Å². The molecule has 0 bridgehead atoms. The lowest BCUT2D eigenvalue weighted by Gasteiger charge is -2.16. The first-order valence-corrected chi connectivity index (χ1v) is 7.59. The van der Waals surface area contributed by atoms with Crippen molar-refractivity contribution in [2.45, 2.75) is 25.8 Å². The van der Waals surface area contributed by atoms with Crippen molar-refractivity contribution in [3.8, 4) is 5.69 Å². The third-order valence-corrected chi connectivity index (χ3v) is 4.12. The number of carbonyl (C=O) groups is 1. The molecule has 0 aliphatic rings. The monoisotopic (exact) mass is 291 g/mol. The number of hydrogen-bond donors (Lipinski definition) is 0. The quantitative estimate of drug-likeness (QED) is 0.864. The normalized spacial score (nSPS) is 13.2. The zero-order valence-corrected chi connectivity index (χ0v) is 12.6. The highest BCUT2D eigenvalue weighted by Gasteiger charge is 2.25. The summed E-state index contributed by atoms with van der Waals surface area (Å²) < 4.78 is 13.9. The van der Waals surface area contributed by atoms with Crippen molar-refractivity contribution < 1.29 is 9.00 Å². The molecule has 1 aromatic carbocycles. The summed E-state index contributed by atoms with van der Waals surface area (Å²) in [5.41, 5.74) is 0.275. The SMILES string of the molecule is CC(C)(C)C(=O)CS(=O)c1cnnn1-c1ccccc1. The fraction of sp³-hybridized carbons (Fsp3) is 0.357. The number of aromatic nitrogens is 3. The Morgan fingerprint density at radius 3 is 2.50 bits per heavy atom. The van der Waals surface area contributed by atoms with E-state index in [-0.39, 0.29) is 11.5 Å². The van der Waals surface area contributed by atoms with E-state index in [1.807, 2.05) is 51.1 Å². The van der Waals surface area contributed by atoms with Gasteiger partial charge in [0.1, 0.15) is 0 Å². The maximum absolute atomic E-state index is 12.3. The molecule has 0 spiro atoms. The van der Waals surface area contributed by atoms with E-state index in [0.717, 1.165) is 5.69 Å². The molecule has 1 heterocycles. The summed E-state index contributed by atoms with van der Waals surface area (Å²) in [4.78, 5) is 12.0. The molecule has 0 radical (unpaired) electrons. The molecule has 2 aromatic rings. The van der Waals surface area contributed by atoms with E-state index in [1.54, 1.807) is 0 Å². The Bertz CT molecular complexity index is 629. The molecule has 2 rings (SSSR count). The van der Waals surface area contributed by atoms with Crippen LogP contribution in [0.15, 0.2) is 41.6 Å². The van der Waals surface area contributed by atoms with Gasteiger partial charge < -0.3 is 0 Å². The fourth-order valence-corrected chi connectivity index (χ4v) is 2.86. The van der Waals surface area contributed by atoms with E-state index in [2.05, 4.69) is 10.3 Å². The molecule has 0 saturated heterocycles. The second-order valence-corrected chi connectivity index (χ2v) is 6.88. The molecule has 1 unspecified atom stereocenters. The number of hydrogen-bond acceptors (Lipinski definition) is 4. The third kappa shape index (κ3) is 3.19. The summed E-state index contributed by atoms with van der Waals surface area (Å²) in [7, 11) is -1.45. The molecule has 0 fully saturated rings. The lowest BCUT2D eigenvalue weighted by molar-refractivity contribution is -0.123. The molecule has 0 aliphatic heterocycles. The largest absolute Gasteiger partial charge is 0.298 e. The fourth-order valence-electron chi connectivity index (χ4n) is 1.54. The molecule has 0 amide bonds. The van der Waals surface area contributed by atoms with Crippen LogP contribution in [0.5, 0.6) is 0 Å². The number of ketones is 1. The molecule has 0 N–H and O–H groups in total. The molecule has 1 atom stereocenters. The van der Waals surface area contributed by atoms with Crippen LogP contribution in [0, 0.1) is 5.41 Å². The van der Waals surface area contributed by atoms with Gasteiger partial charge in [0.25, 0.3) is 0 Å². The van der Waals surface area contributed by atoms with Crippen LogP contribution in [-0.4, -0.2) is 30.7 Å². The summed E-state index contributed by atoms with van der Waals surface area (Å²) in [6, 6.07) is 9.32. The second-order valence-electron chi connectivity index (χ2n) is 5.48. The topological polar surface area (TPSA) is 64.8 Å². The summed E-state index contributed by atoms with van der Waals surface area (Å²) in [5.74, 6) is -0.0689. The summed E-state index contributed by atoms with van der Waals surface area (Å²) in [6.07, 6.45) is 1.44. The van der Waals surface area contributed by atoms with Gasteiger partial charge in [-0.25, -0.2) is 4.68 Å². The number of benzene rings is 1. The van der Waals surface area contributed by atoms with Crippen LogP contribution in [0.4, 0.5) is 0 Å². The van der Waals surface area contributed by atoms with Crippen LogP contribution in [0.3, 0.4) is 0 Å². The zero-order valence-electron chi connectivity index (χ0n) is 11.7. The van der Waals surface area contributed by atoms with Crippen LogP contribution >= 0.6 is 0 Å². The second kappa shape index (κ2) is 5.66. The number of para-hydroxylation sites is 1. The van der Waals surface area contributed by atoms with Crippen LogP contribution in [0.2, 0.25) is 0 Å². The Morgan fingerprint density at radius 1 is 1.25 bits per heavy atom. The van der Waals surface area contributed by atoms with E-state index in [9.17, 15) is 9.00 Å². The van der Waals surface area contributed by atoms with E-state index in [0.29, 0.717) is 5.03 Å². The lowest BCUT2D eigenvalue weighted by atomic mass is 9.92. The minimum Gasteiger partial charge on any atom is -0.298 e. The summed E-state index contributed by atoms with van der Waals surface area (Å²) in [6.45, 7) is 5.46. The van der Waals surface area contributed by atoms with Crippen LogP contribution in [-0.2, 0) is 15.6 Å². The molecular weight excluding hydrogens is 274 g/mol. The highest BCUT2D eigenvalue weighted by Crippen LogP contribution is 2.18. The van der Waals surface area contributed by atoms with Gasteiger partial charge in [-0.3, -0.25) is 9.00 Å². The smallest absolute Gasteiger partial charge is 0.151 e. The zero-order chi connectivity index (χ0) is 14.8. The molecular formula is C14H17N3O2S. The molecule has 20 heavy (non-hydrogen) atoms. The van der Waals surface area contributed by atoms with Crippen LogP contribution in [0.1, 0.15) is 20.8 Å². The number of rotatable bonds is 4. The summed E-state index contributed by atoms with van der Waals surface area (Å²) >= 11 is 0. The molecule has 106 valence electrons. The van der Waals surface area contributed by atoms with Crippen molar-refractivity contribution in [2.24, 2.45) is 5.41 Å². The highest BCUT2D eigenvalue weighted by molar-refractivity contribution is 7.85. The van der Waals surface area contributed by atoms with Crippen molar-refractivity contribution in [3.63, 3.8) is 0 Å². The molecule has 1 aromatic heterocycles. The first-order valence-electron chi connectivity index (χ1n) is 6.27. The maximum Gasteiger partial charge on any atom is 0.151 e. The highest BCUT2D eigenvalue weighted by atomic mass is 32.2. The predicted octanol–water partition coefficient (Wildman–Crippen LogP) is 1.99. The van der Waals surface area contributed by atoms with E-state index in [1.165, 1.54) is 10.9 Å². The Kier molecular flexibility index (Phi) is 4.13. The number of nitrogens with zero attached hydrogens (tertiary/aromatic N) is 3.